The standard InChI is InChI=1S/C9H8N4O2S2/c14-13(15)6-3-1-5(2-4-6)7-10-8(16)12-9(17)11-7/h1-4,7H,(H3,10,11,12,16,17). The molecule has 0 bridgehead atoms. The van der Waals surface area contributed by atoms with Crippen LogP contribution in [-0.2, 0) is 0 Å². The van der Waals surface area contributed by atoms with E-state index in [9.17, 15) is 10.1 Å². The van der Waals surface area contributed by atoms with Crippen LogP contribution >= 0.6 is 24.4 Å². The predicted molar refractivity (Wildman–Crippen MR) is 70.4 cm³/mol. The van der Waals surface area contributed by atoms with Crippen molar-refractivity contribution in [3.05, 3.63) is 39.9 Å². The lowest BCUT2D eigenvalue weighted by Gasteiger charge is -2.28. The fraction of sp³-hybridized carbons (Fsp3) is 0.111. The van der Waals surface area contributed by atoms with E-state index in [1.807, 2.05) is 0 Å². The Balaban J connectivity index is 2.19. The average Bonchev–Trinajstić information content (AvgIpc) is 2.28. The number of non-ortho nitro benzene ring substituents is 1. The van der Waals surface area contributed by atoms with Crippen molar-refractivity contribution in [2.24, 2.45) is 0 Å². The maximum atomic E-state index is 10.5. The lowest BCUT2D eigenvalue weighted by molar-refractivity contribution is -0.384. The van der Waals surface area contributed by atoms with Crippen LogP contribution in [0.25, 0.3) is 0 Å². The summed E-state index contributed by atoms with van der Waals surface area (Å²) in [4.78, 5) is 10.1. The first-order valence-corrected chi connectivity index (χ1v) is 5.50. The molecular weight excluding hydrogens is 260 g/mol. The van der Waals surface area contributed by atoms with Crippen LogP contribution in [0, 0.1) is 10.1 Å². The van der Waals surface area contributed by atoms with Crippen molar-refractivity contribution < 1.29 is 4.92 Å². The number of hydrogen-bond acceptors (Lipinski definition) is 4. The highest BCUT2D eigenvalue weighted by molar-refractivity contribution is 7.81. The lowest BCUT2D eigenvalue weighted by atomic mass is 10.1. The van der Waals surface area contributed by atoms with Crippen LogP contribution in [0.5, 0.6) is 0 Å². The zero-order valence-electron chi connectivity index (χ0n) is 8.47. The minimum atomic E-state index is -0.442. The number of nitrogens with one attached hydrogen (secondary N) is 3. The van der Waals surface area contributed by atoms with Crippen LogP contribution in [0.15, 0.2) is 24.3 Å². The molecule has 17 heavy (non-hydrogen) atoms. The van der Waals surface area contributed by atoms with E-state index in [1.165, 1.54) is 12.1 Å². The number of rotatable bonds is 2. The molecule has 1 aromatic rings. The molecule has 1 saturated heterocycles. The minimum absolute atomic E-state index is 0.0489. The maximum absolute atomic E-state index is 10.5. The molecular formula is C9H8N4O2S2. The Labute approximate surface area is 108 Å². The van der Waals surface area contributed by atoms with E-state index in [1.54, 1.807) is 12.1 Å². The van der Waals surface area contributed by atoms with Crippen molar-refractivity contribution in [3.63, 3.8) is 0 Å². The van der Waals surface area contributed by atoms with Gasteiger partial charge in [-0.25, -0.2) is 0 Å². The average molecular weight is 268 g/mol. The van der Waals surface area contributed by atoms with Crippen LogP contribution in [0.2, 0.25) is 0 Å². The van der Waals surface area contributed by atoms with Crippen LogP contribution in [-0.4, -0.2) is 15.1 Å². The SMILES string of the molecule is O=[N+]([O-])c1ccc(C2NC(=S)NC(=S)N2)cc1. The van der Waals surface area contributed by atoms with E-state index in [0.29, 0.717) is 10.2 Å². The van der Waals surface area contributed by atoms with Gasteiger partial charge in [-0.1, -0.05) is 0 Å². The lowest BCUT2D eigenvalue weighted by Crippen LogP contribution is -2.56. The molecule has 1 aromatic carbocycles. The normalized spacial score (nSPS) is 15.8. The van der Waals surface area contributed by atoms with Crippen molar-refractivity contribution in [3.8, 4) is 0 Å². The molecule has 2 rings (SSSR count). The number of nitrogens with zero attached hydrogens (tertiary/aromatic N) is 1. The molecule has 1 aliphatic rings. The third kappa shape index (κ3) is 2.66. The summed E-state index contributed by atoms with van der Waals surface area (Å²) in [5.74, 6) is 0. The number of benzene rings is 1. The summed E-state index contributed by atoms with van der Waals surface area (Å²) in [5.41, 5.74) is 0.870. The van der Waals surface area contributed by atoms with Gasteiger partial charge in [0.05, 0.1) is 4.92 Å². The molecule has 6 nitrogen and oxygen atoms in total. The van der Waals surface area contributed by atoms with Gasteiger partial charge in [0.15, 0.2) is 10.2 Å². The van der Waals surface area contributed by atoms with E-state index in [0.717, 1.165) is 5.56 Å². The molecule has 1 heterocycles. The van der Waals surface area contributed by atoms with Crippen molar-refractivity contribution in [1.82, 2.24) is 16.0 Å². The van der Waals surface area contributed by atoms with Gasteiger partial charge in [-0.15, -0.1) is 0 Å². The molecule has 1 fully saturated rings. The Morgan fingerprint density at radius 3 is 2.12 bits per heavy atom. The van der Waals surface area contributed by atoms with Gasteiger partial charge < -0.3 is 16.0 Å². The molecule has 0 radical (unpaired) electrons. The molecule has 0 atom stereocenters. The van der Waals surface area contributed by atoms with Crippen LogP contribution < -0.4 is 16.0 Å². The summed E-state index contributed by atoms with van der Waals surface area (Å²) >= 11 is 9.94. The Hall–Kier alpha value is -1.80. The first kappa shape index (κ1) is 11.7. The number of thiocarbonyl (C=S) groups is 2. The second kappa shape index (κ2) is 4.60. The summed E-state index contributed by atoms with van der Waals surface area (Å²) in [6, 6.07) is 6.18. The van der Waals surface area contributed by atoms with Gasteiger partial charge in [-0.2, -0.15) is 0 Å². The van der Waals surface area contributed by atoms with Crippen molar-refractivity contribution in [1.29, 1.82) is 0 Å². The minimum Gasteiger partial charge on any atom is -0.338 e. The van der Waals surface area contributed by atoms with E-state index in [2.05, 4.69) is 16.0 Å². The van der Waals surface area contributed by atoms with Gasteiger partial charge in [0.2, 0.25) is 0 Å². The molecule has 0 amide bonds. The topological polar surface area (TPSA) is 79.2 Å². The second-order valence-corrected chi connectivity index (χ2v) is 4.17. The number of nitro groups is 1. The van der Waals surface area contributed by atoms with Gasteiger partial charge in [-0.3, -0.25) is 10.1 Å². The molecule has 1 aliphatic heterocycles. The quantitative estimate of drug-likeness (QED) is 0.418. The molecule has 0 saturated carbocycles. The summed E-state index contributed by atoms with van der Waals surface area (Å²) in [7, 11) is 0. The van der Waals surface area contributed by atoms with Crippen molar-refractivity contribution >= 4 is 40.3 Å². The highest BCUT2D eigenvalue weighted by Crippen LogP contribution is 2.17. The highest BCUT2D eigenvalue weighted by atomic mass is 32.1. The smallest absolute Gasteiger partial charge is 0.269 e. The molecule has 88 valence electrons. The maximum Gasteiger partial charge on any atom is 0.269 e. The molecule has 0 unspecified atom stereocenters. The van der Waals surface area contributed by atoms with Gasteiger partial charge >= 0.3 is 0 Å². The molecule has 8 heteroatoms. The first-order valence-electron chi connectivity index (χ1n) is 4.68. The Morgan fingerprint density at radius 1 is 1.12 bits per heavy atom. The fourth-order valence-corrected chi connectivity index (χ4v) is 1.93. The van der Waals surface area contributed by atoms with Gasteiger partial charge in [-0.05, 0) is 42.1 Å². The third-order valence-corrected chi connectivity index (χ3v) is 2.65. The zero-order chi connectivity index (χ0) is 12.4. The van der Waals surface area contributed by atoms with Crippen LogP contribution in [0.3, 0.4) is 0 Å². The summed E-state index contributed by atoms with van der Waals surface area (Å²) in [6.45, 7) is 0. The molecule has 0 aliphatic carbocycles. The Morgan fingerprint density at radius 2 is 1.65 bits per heavy atom. The number of hydrogen-bond donors (Lipinski definition) is 3. The zero-order valence-corrected chi connectivity index (χ0v) is 10.1. The summed E-state index contributed by atoms with van der Waals surface area (Å²) in [6.07, 6.45) is -0.267. The van der Waals surface area contributed by atoms with Gasteiger partial charge in [0.1, 0.15) is 6.17 Å². The predicted octanol–water partition coefficient (Wildman–Crippen LogP) is 0.946. The molecule has 0 aromatic heterocycles. The monoisotopic (exact) mass is 268 g/mol. The Kier molecular flexibility index (Phi) is 3.16. The van der Waals surface area contributed by atoms with Crippen LogP contribution in [0.1, 0.15) is 11.7 Å². The van der Waals surface area contributed by atoms with Crippen molar-refractivity contribution in [2.45, 2.75) is 6.17 Å². The summed E-state index contributed by atoms with van der Waals surface area (Å²) in [5, 5.41) is 20.0. The number of nitro benzene ring substituents is 1. The first-order chi connectivity index (χ1) is 8.06. The van der Waals surface area contributed by atoms with Gasteiger partial charge in [0.25, 0.3) is 5.69 Å². The van der Waals surface area contributed by atoms with Crippen molar-refractivity contribution in [2.75, 3.05) is 0 Å². The van der Waals surface area contributed by atoms with Gasteiger partial charge in [0, 0.05) is 12.1 Å². The Bertz CT molecular complexity index is 472. The molecule has 0 spiro atoms. The van der Waals surface area contributed by atoms with E-state index < -0.39 is 4.92 Å². The highest BCUT2D eigenvalue weighted by Gasteiger charge is 2.19. The largest absolute Gasteiger partial charge is 0.338 e. The van der Waals surface area contributed by atoms with Crippen LogP contribution in [0.4, 0.5) is 5.69 Å². The van der Waals surface area contributed by atoms with E-state index in [-0.39, 0.29) is 11.9 Å². The van der Waals surface area contributed by atoms with E-state index in [4.69, 9.17) is 24.4 Å². The van der Waals surface area contributed by atoms with E-state index >= 15 is 0 Å². The fourth-order valence-electron chi connectivity index (χ4n) is 1.43. The second-order valence-electron chi connectivity index (χ2n) is 3.35. The summed E-state index contributed by atoms with van der Waals surface area (Å²) < 4.78 is 0. The third-order valence-electron chi connectivity index (χ3n) is 2.22. The molecule has 3 N–H and O–H groups in total.